The molecule has 7 heteroatoms. The van der Waals surface area contributed by atoms with Gasteiger partial charge in [-0.3, -0.25) is 4.55 Å². The van der Waals surface area contributed by atoms with Crippen LogP contribution in [0.5, 0.6) is 0 Å². The summed E-state index contributed by atoms with van der Waals surface area (Å²) >= 11 is 0. The quantitative estimate of drug-likeness (QED) is 0.799. The van der Waals surface area contributed by atoms with Gasteiger partial charge in [0.25, 0.3) is 10.1 Å². The van der Waals surface area contributed by atoms with E-state index in [1.807, 2.05) is 55.5 Å². The van der Waals surface area contributed by atoms with Gasteiger partial charge in [0.2, 0.25) is 0 Å². The van der Waals surface area contributed by atoms with Crippen molar-refractivity contribution in [1.29, 1.82) is 0 Å². The summed E-state index contributed by atoms with van der Waals surface area (Å²) in [6.07, 6.45) is 2.20. The predicted octanol–water partition coefficient (Wildman–Crippen LogP) is 2.75. The highest BCUT2D eigenvalue weighted by Gasteiger charge is 2.38. The minimum atomic E-state index is -3.67. The highest BCUT2D eigenvalue weighted by atomic mass is 32.2. The lowest BCUT2D eigenvalue weighted by atomic mass is 9.84. The van der Waals surface area contributed by atoms with Gasteiger partial charge in [-0.1, -0.05) is 65.8 Å². The second-order valence-electron chi connectivity index (χ2n) is 6.50. The number of rotatable bonds is 4. The molecule has 26 heavy (non-hydrogen) atoms. The highest BCUT2D eigenvalue weighted by molar-refractivity contribution is 7.85. The number of nitrogens with two attached hydrogens (primary N) is 1. The summed E-state index contributed by atoms with van der Waals surface area (Å²) in [7, 11) is -3.67. The van der Waals surface area contributed by atoms with Crippen molar-refractivity contribution in [2.75, 3.05) is 6.26 Å². The Morgan fingerprint density at radius 1 is 1.15 bits per heavy atom. The van der Waals surface area contributed by atoms with Gasteiger partial charge in [0, 0.05) is 12.8 Å². The fraction of sp³-hybridized carbons (Fsp3) is 0.316. The van der Waals surface area contributed by atoms with E-state index >= 15 is 0 Å². The SMILES string of the molecule is CC(N)(c1ccccc1)C1CC(Cc2ccccc2)=NO1.CS(=O)(=O)O. The normalized spacial score (nSPS) is 18.8. The molecule has 3 N–H and O–H groups in total. The standard InChI is InChI=1S/C18H20N2O.CH4O3S/c1-18(19,15-10-6-3-7-11-15)17-13-16(20-21-17)12-14-8-4-2-5-9-14;1-5(2,3)4/h2-11,17H,12-13,19H2,1H3;1H3,(H,2,3,4). The van der Waals surface area contributed by atoms with E-state index in [4.69, 9.17) is 15.1 Å². The second-order valence-corrected chi connectivity index (χ2v) is 7.97. The van der Waals surface area contributed by atoms with Crippen LogP contribution in [0.25, 0.3) is 0 Å². The highest BCUT2D eigenvalue weighted by Crippen LogP contribution is 2.30. The molecule has 140 valence electrons. The van der Waals surface area contributed by atoms with Gasteiger partial charge in [-0.15, -0.1) is 0 Å². The Balaban J connectivity index is 0.000000431. The third kappa shape index (κ3) is 6.25. The molecule has 1 aliphatic rings. The summed E-state index contributed by atoms with van der Waals surface area (Å²) in [4.78, 5) is 5.62. The fourth-order valence-electron chi connectivity index (χ4n) is 2.67. The van der Waals surface area contributed by atoms with Crippen LogP contribution < -0.4 is 5.73 Å². The maximum atomic E-state index is 9.19. The van der Waals surface area contributed by atoms with Crippen molar-refractivity contribution in [3.05, 3.63) is 71.8 Å². The van der Waals surface area contributed by atoms with E-state index in [9.17, 15) is 8.42 Å². The van der Waals surface area contributed by atoms with Gasteiger partial charge in [-0.25, -0.2) is 0 Å². The molecular weight excluding hydrogens is 352 g/mol. The van der Waals surface area contributed by atoms with Gasteiger partial charge in [-0.05, 0) is 18.1 Å². The van der Waals surface area contributed by atoms with Gasteiger partial charge in [0.1, 0.15) is 0 Å². The molecule has 0 aromatic heterocycles. The van der Waals surface area contributed by atoms with Crippen LogP contribution in [-0.4, -0.2) is 31.0 Å². The molecule has 0 amide bonds. The fourth-order valence-corrected chi connectivity index (χ4v) is 2.67. The van der Waals surface area contributed by atoms with E-state index in [0.717, 1.165) is 24.1 Å². The first-order valence-corrected chi connectivity index (χ1v) is 10.0. The zero-order chi connectivity index (χ0) is 19.2. The first kappa shape index (κ1) is 20.1. The molecular formula is C19H24N2O4S. The van der Waals surface area contributed by atoms with Crippen LogP contribution in [0.3, 0.4) is 0 Å². The van der Waals surface area contributed by atoms with Crippen molar-refractivity contribution in [3.63, 3.8) is 0 Å². The molecule has 0 saturated heterocycles. The zero-order valence-corrected chi connectivity index (χ0v) is 15.7. The molecule has 0 spiro atoms. The molecule has 3 rings (SSSR count). The van der Waals surface area contributed by atoms with Crippen LogP contribution in [0, 0.1) is 0 Å². The molecule has 0 aliphatic carbocycles. The Hall–Kier alpha value is -2.22. The van der Waals surface area contributed by atoms with Gasteiger partial charge in [0.15, 0.2) is 6.10 Å². The molecule has 2 unspecified atom stereocenters. The van der Waals surface area contributed by atoms with Crippen LogP contribution in [0.1, 0.15) is 24.5 Å². The monoisotopic (exact) mass is 376 g/mol. The third-order valence-corrected chi connectivity index (χ3v) is 4.05. The Morgan fingerprint density at radius 2 is 1.65 bits per heavy atom. The molecule has 6 nitrogen and oxygen atoms in total. The summed E-state index contributed by atoms with van der Waals surface area (Å²) in [6.45, 7) is 2.01. The van der Waals surface area contributed by atoms with Crippen LogP contribution >= 0.6 is 0 Å². The lowest BCUT2D eigenvalue weighted by molar-refractivity contribution is 0.0300. The first-order chi connectivity index (χ1) is 12.2. The summed E-state index contributed by atoms with van der Waals surface area (Å²) in [5, 5.41) is 4.24. The number of oxime groups is 1. The van der Waals surface area contributed by atoms with Gasteiger partial charge in [-0.2, -0.15) is 8.42 Å². The molecule has 2 aromatic carbocycles. The Bertz CT molecular complexity index is 826. The molecule has 0 saturated carbocycles. The van der Waals surface area contributed by atoms with Crippen molar-refractivity contribution >= 4 is 15.8 Å². The van der Waals surface area contributed by atoms with Crippen molar-refractivity contribution in [2.45, 2.75) is 31.4 Å². The van der Waals surface area contributed by atoms with E-state index in [2.05, 4.69) is 17.3 Å². The molecule has 0 bridgehead atoms. The zero-order valence-electron chi connectivity index (χ0n) is 14.9. The van der Waals surface area contributed by atoms with Gasteiger partial charge in [0.05, 0.1) is 17.5 Å². The second kappa shape index (κ2) is 8.44. The lowest BCUT2D eigenvalue weighted by Gasteiger charge is -2.29. The predicted molar refractivity (Wildman–Crippen MR) is 103 cm³/mol. The van der Waals surface area contributed by atoms with E-state index in [1.165, 1.54) is 5.56 Å². The minimum Gasteiger partial charge on any atom is -0.390 e. The van der Waals surface area contributed by atoms with E-state index in [0.29, 0.717) is 6.26 Å². The summed E-state index contributed by atoms with van der Waals surface area (Å²) < 4.78 is 25.9. The van der Waals surface area contributed by atoms with Crippen molar-refractivity contribution in [1.82, 2.24) is 0 Å². The molecule has 0 fully saturated rings. The average Bonchev–Trinajstić information content (AvgIpc) is 3.04. The van der Waals surface area contributed by atoms with Crippen LogP contribution in [0.4, 0.5) is 0 Å². The summed E-state index contributed by atoms with van der Waals surface area (Å²) in [5.74, 6) is 0. The number of hydrogen-bond acceptors (Lipinski definition) is 5. The minimum absolute atomic E-state index is 0.112. The van der Waals surface area contributed by atoms with Crippen LogP contribution in [-0.2, 0) is 26.9 Å². The van der Waals surface area contributed by atoms with E-state index < -0.39 is 15.7 Å². The largest absolute Gasteiger partial charge is 0.390 e. The van der Waals surface area contributed by atoms with Crippen molar-refractivity contribution in [3.8, 4) is 0 Å². The maximum Gasteiger partial charge on any atom is 0.261 e. The van der Waals surface area contributed by atoms with Crippen LogP contribution in [0.15, 0.2) is 65.8 Å². The smallest absolute Gasteiger partial charge is 0.261 e. The average molecular weight is 376 g/mol. The number of nitrogens with zero attached hydrogens (tertiary/aromatic N) is 1. The first-order valence-electron chi connectivity index (χ1n) is 8.18. The number of hydrogen-bond donors (Lipinski definition) is 2. The van der Waals surface area contributed by atoms with E-state index in [-0.39, 0.29) is 6.10 Å². The topological polar surface area (TPSA) is 102 Å². The summed E-state index contributed by atoms with van der Waals surface area (Å²) in [6, 6.07) is 20.4. The van der Waals surface area contributed by atoms with Crippen LogP contribution in [0.2, 0.25) is 0 Å². The Labute approximate surface area is 154 Å². The third-order valence-electron chi connectivity index (χ3n) is 4.05. The molecule has 0 radical (unpaired) electrons. The van der Waals surface area contributed by atoms with Gasteiger partial charge < -0.3 is 10.6 Å². The Kier molecular flexibility index (Phi) is 6.52. The van der Waals surface area contributed by atoms with Crippen molar-refractivity contribution in [2.24, 2.45) is 10.9 Å². The molecule has 1 aliphatic heterocycles. The maximum absolute atomic E-state index is 9.19. The van der Waals surface area contributed by atoms with Crippen molar-refractivity contribution < 1.29 is 17.8 Å². The molecule has 2 aromatic rings. The Morgan fingerprint density at radius 3 is 2.19 bits per heavy atom. The van der Waals surface area contributed by atoms with Gasteiger partial charge >= 0.3 is 0 Å². The summed E-state index contributed by atoms with van der Waals surface area (Å²) in [5.41, 5.74) is 9.34. The lowest BCUT2D eigenvalue weighted by Crippen LogP contribution is -2.45. The van der Waals surface area contributed by atoms with E-state index in [1.54, 1.807) is 0 Å². The number of benzene rings is 2. The molecule has 1 heterocycles. The molecule has 2 atom stereocenters.